The molecular weight excluding hydrogens is 246 g/mol. The van der Waals surface area contributed by atoms with Gasteiger partial charge >= 0.3 is 0 Å². The van der Waals surface area contributed by atoms with Crippen molar-refractivity contribution in [3.05, 3.63) is 24.3 Å². The lowest BCUT2D eigenvalue weighted by atomic mass is 10.2. The molecule has 1 aromatic carbocycles. The van der Waals surface area contributed by atoms with Crippen LogP contribution < -0.4 is 9.47 Å². The van der Waals surface area contributed by atoms with E-state index in [1.165, 1.54) is 0 Å². The van der Waals surface area contributed by atoms with Gasteiger partial charge in [-0.15, -0.1) is 0 Å². The maximum atomic E-state index is 11.7. The molecule has 1 aliphatic rings. The third-order valence-corrected chi connectivity index (χ3v) is 2.90. The molecule has 0 spiro atoms. The molecule has 0 bridgehead atoms. The Labute approximate surface area is 113 Å². The Morgan fingerprint density at radius 3 is 2.89 bits per heavy atom. The number of hydrogen-bond acceptors (Lipinski definition) is 4. The van der Waals surface area contributed by atoms with Crippen LogP contribution >= 0.6 is 0 Å². The van der Waals surface area contributed by atoms with Gasteiger partial charge in [0.1, 0.15) is 13.2 Å². The van der Waals surface area contributed by atoms with E-state index >= 15 is 0 Å². The predicted molar refractivity (Wildman–Crippen MR) is 70.5 cm³/mol. The van der Waals surface area contributed by atoms with E-state index in [1.54, 1.807) is 11.9 Å². The summed E-state index contributed by atoms with van der Waals surface area (Å²) in [6, 6.07) is 7.54. The van der Waals surface area contributed by atoms with Crippen molar-refractivity contribution in [2.24, 2.45) is 0 Å². The van der Waals surface area contributed by atoms with Crippen molar-refractivity contribution in [2.75, 3.05) is 33.4 Å². The maximum absolute atomic E-state index is 11.7. The van der Waals surface area contributed by atoms with Crippen LogP contribution in [0.5, 0.6) is 11.5 Å². The molecule has 2 rings (SSSR count). The number of amides is 1. The highest BCUT2D eigenvalue weighted by molar-refractivity contribution is 5.77. The molecule has 1 aliphatic heterocycles. The van der Waals surface area contributed by atoms with E-state index in [2.05, 4.69) is 0 Å². The van der Waals surface area contributed by atoms with Gasteiger partial charge in [-0.2, -0.15) is 0 Å². The Morgan fingerprint density at radius 2 is 2.16 bits per heavy atom. The fourth-order valence-electron chi connectivity index (χ4n) is 1.86. The molecule has 5 heteroatoms. The highest BCUT2D eigenvalue weighted by atomic mass is 16.6. The molecule has 19 heavy (non-hydrogen) atoms. The summed E-state index contributed by atoms with van der Waals surface area (Å²) in [6.07, 6.45) is -0.148. The van der Waals surface area contributed by atoms with Crippen molar-refractivity contribution in [3.63, 3.8) is 0 Å². The van der Waals surface area contributed by atoms with E-state index in [4.69, 9.17) is 14.2 Å². The van der Waals surface area contributed by atoms with Crippen molar-refractivity contribution in [1.29, 1.82) is 0 Å². The molecular formula is C14H19NO4. The molecule has 1 heterocycles. The lowest BCUT2D eigenvalue weighted by Crippen LogP contribution is -2.42. The number of rotatable bonds is 5. The van der Waals surface area contributed by atoms with Gasteiger partial charge in [-0.3, -0.25) is 4.79 Å². The summed E-state index contributed by atoms with van der Waals surface area (Å²) in [7, 11) is 1.74. The third-order valence-electron chi connectivity index (χ3n) is 2.90. The van der Waals surface area contributed by atoms with Crippen molar-refractivity contribution < 1.29 is 19.0 Å². The smallest absolute Gasteiger partial charge is 0.248 e. The molecule has 1 amide bonds. The first kappa shape index (κ1) is 13.7. The monoisotopic (exact) mass is 265 g/mol. The van der Waals surface area contributed by atoms with Crippen molar-refractivity contribution in [2.45, 2.75) is 13.0 Å². The molecule has 1 aromatic rings. The molecule has 0 unspecified atom stereocenters. The van der Waals surface area contributed by atoms with Crippen LogP contribution in [0.1, 0.15) is 6.92 Å². The van der Waals surface area contributed by atoms with Crippen LogP contribution in [0.15, 0.2) is 24.3 Å². The Bertz CT molecular complexity index is 435. The lowest BCUT2D eigenvalue weighted by molar-refractivity contribution is -0.136. The first-order valence-corrected chi connectivity index (χ1v) is 6.41. The first-order chi connectivity index (χ1) is 9.20. The summed E-state index contributed by atoms with van der Waals surface area (Å²) in [5.41, 5.74) is 0. The van der Waals surface area contributed by atoms with Gasteiger partial charge < -0.3 is 19.1 Å². The number of nitrogens with zero attached hydrogens (tertiary/aromatic N) is 1. The fourth-order valence-corrected chi connectivity index (χ4v) is 1.86. The SMILES string of the molecule is CCOCC(=O)N(C)C[C@H]1COc2ccccc2O1. The van der Waals surface area contributed by atoms with Crippen molar-refractivity contribution >= 4 is 5.91 Å². The van der Waals surface area contributed by atoms with Crippen molar-refractivity contribution in [3.8, 4) is 11.5 Å². The largest absolute Gasteiger partial charge is 0.486 e. The normalized spacial score (nSPS) is 17.1. The quantitative estimate of drug-likeness (QED) is 0.805. The minimum atomic E-state index is -0.148. The minimum Gasteiger partial charge on any atom is -0.486 e. The van der Waals surface area contributed by atoms with E-state index in [1.807, 2.05) is 31.2 Å². The molecule has 0 radical (unpaired) electrons. The zero-order valence-corrected chi connectivity index (χ0v) is 11.3. The van der Waals surface area contributed by atoms with E-state index in [9.17, 15) is 4.79 Å². The molecule has 0 saturated heterocycles. The second-order valence-corrected chi connectivity index (χ2v) is 4.41. The Morgan fingerprint density at radius 1 is 1.42 bits per heavy atom. The number of para-hydroxylation sites is 2. The molecule has 1 atom stereocenters. The van der Waals surface area contributed by atoms with Crippen LogP contribution in [-0.2, 0) is 9.53 Å². The Balaban J connectivity index is 1.86. The molecule has 0 N–H and O–H groups in total. The summed E-state index contributed by atoms with van der Waals surface area (Å²) in [5.74, 6) is 1.43. The summed E-state index contributed by atoms with van der Waals surface area (Å²) in [6.45, 7) is 3.44. The Hall–Kier alpha value is -1.75. The summed E-state index contributed by atoms with van der Waals surface area (Å²) >= 11 is 0. The number of hydrogen-bond donors (Lipinski definition) is 0. The van der Waals surface area contributed by atoms with Gasteiger partial charge in [0.25, 0.3) is 0 Å². The summed E-state index contributed by atoms with van der Waals surface area (Å²) < 4.78 is 16.5. The van der Waals surface area contributed by atoms with Gasteiger partial charge in [-0.05, 0) is 19.1 Å². The van der Waals surface area contributed by atoms with Gasteiger partial charge in [-0.1, -0.05) is 12.1 Å². The second-order valence-electron chi connectivity index (χ2n) is 4.41. The first-order valence-electron chi connectivity index (χ1n) is 6.41. The molecule has 0 saturated carbocycles. The molecule has 0 aliphatic carbocycles. The highest BCUT2D eigenvalue weighted by Gasteiger charge is 2.23. The third kappa shape index (κ3) is 3.61. The number of fused-ring (bicyclic) bond motifs is 1. The zero-order chi connectivity index (χ0) is 13.7. The second kappa shape index (κ2) is 6.43. The Kier molecular flexibility index (Phi) is 4.63. The van der Waals surface area contributed by atoms with Crippen LogP contribution in [0.4, 0.5) is 0 Å². The molecule has 0 aromatic heterocycles. The highest BCUT2D eigenvalue weighted by Crippen LogP contribution is 2.30. The van der Waals surface area contributed by atoms with Crippen LogP contribution in [0.25, 0.3) is 0 Å². The van der Waals surface area contributed by atoms with E-state index in [-0.39, 0.29) is 18.6 Å². The van der Waals surface area contributed by atoms with Gasteiger partial charge in [-0.25, -0.2) is 0 Å². The molecule has 5 nitrogen and oxygen atoms in total. The van der Waals surface area contributed by atoms with Gasteiger partial charge in [0.2, 0.25) is 5.91 Å². The lowest BCUT2D eigenvalue weighted by Gasteiger charge is -2.29. The number of benzene rings is 1. The zero-order valence-electron chi connectivity index (χ0n) is 11.3. The van der Waals surface area contributed by atoms with Gasteiger partial charge in [0.15, 0.2) is 17.6 Å². The number of carbonyl (C=O) groups is 1. The van der Waals surface area contributed by atoms with Crippen LogP contribution in [0.2, 0.25) is 0 Å². The van der Waals surface area contributed by atoms with E-state index < -0.39 is 0 Å². The van der Waals surface area contributed by atoms with Gasteiger partial charge in [0.05, 0.1) is 6.54 Å². The summed E-state index contributed by atoms with van der Waals surface area (Å²) in [4.78, 5) is 13.3. The van der Waals surface area contributed by atoms with Crippen LogP contribution in [-0.4, -0.2) is 50.3 Å². The average molecular weight is 265 g/mol. The fraction of sp³-hybridized carbons (Fsp3) is 0.500. The maximum Gasteiger partial charge on any atom is 0.248 e. The number of likely N-dealkylation sites (N-methyl/N-ethyl adjacent to an activating group) is 1. The van der Waals surface area contributed by atoms with Gasteiger partial charge in [0, 0.05) is 13.7 Å². The van der Waals surface area contributed by atoms with Crippen LogP contribution in [0.3, 0.4) is 0 Å². The number of carbonyl (C=O) groups excluding carboxylic acids is 1. The molecule has 0 fully saturated rings. The van der Waals surface area contributed by atoms with Crippen LogP contribution in [0, 0.1) is 0 Å². The predicted octanol–water partition coefficient (Wildman–Crippen LogP) is 1.32. The van der Waals surface area contributed by atoms with Crippen molar-refractivity contribution in [1.82, 2.24) is 4.90 Å². The summed E-state index contributed by atoms with van der Waals surface area (Å²) in [5, 5.41) is 0. The van der Waals surface area contributed by atoms with E-state index in [0.717, 1.165) is 11.5 Å². The number of ether oxygens (including phenoxy) is 3. The van der Waals surface area contributed by atoms with E-state index in [0.29, 0.717) is 19.8 Å². The standard InChI is InChI=1S/C14H19NO4/c1-3-17-10-14(16)15(2)8-11-9-18-12-6-4-5-7-13(12)19-11/h4-7,11H,3,8-10H2,1-2H3/t11-/m0/s1. The minimum absolute atomic E-state index is 0.0516. The molecule has 104 valence electrons. The topological polar surface area (TPSA) is 48.0 Å². The average Bonchev–Trinajstić information content (AvgIpc) is 2.44.